The Bertz CT molecular complexity index is 236. The molecule has 0 fully saturated rings. The Balaban J connectivity index is 2.47. The first kappa shape index (κ1) is 9.01. The molecule has 1 heteroatoms. The van der Waals surface area contributed by atoms with Crippen LogP contribution in [-0.2, 0) is 0 Å². The molecule has 1 aromatic carbocycles. The van der Waals surface area contributed by atoms with E-state index in [0.717, 1.165) is 6.42 Å². The molecule has 1 unspecified atom stereocenters. The highest BCUT2D eigenvalue weighted by Crippen LogP contribution is 2.02. The van der Waals surface area contributed by atoms with Gasteiger partial charge in [-0.1, -0.05) is 42.5 Å². The molecule has 0 heterocycles. The van der Waals surface area contributed by atoms with Crippen molar-refractivity contribution in [3.05, 3.63) is 42.0 Å². The van der Waals surface area contributed by atoms with Crippen LogP contribution in [-0.4, -0.2) is 6.04 Å². The van der Waals surface area contributed by atoms with Gasteiger partial charge in [0.2, 0.25) is 0 Å². The van der Waals surface area contributed by atoms with Gasteiger partial charge in [0, 0.05) is 6.04 Å². The first-order valence-corrected chi connectivity index (χ1v) is 4.26. The van der Waals surface area contributed by atoms with Crippen molar-refractivity contribution in [2.45, 2.75) is 19.4 Å². The largest absolute Gasteiger partial charge is 0.328 e. The summed E-state index contributed by atoms with van der Waals surface area (Å²) in [4.78, 5) is 0. The molecule has 0 amide bonds. The minimum Gasteiger partial charge on any atom is -0.328 e. The van der Waals surface area contributed by atoms with Gasteiger partial charge in [0.05, 0.1) is 0 Å². The monoisotopic (exact) mass is 161 g/mol. The van der Waals surface area contributed by atoms with E-state index in [-0.39, 0.29) is 6.04 Å². The van der Waals surface area contributed by atoms with Gasteiger partial charge in [-0.25, -0.2) is 0 Å². The third-order valence-electron chi connectivity index (χ3n) is 1.62. The smallest absolute Gasteiger partial charge is 0.00451 e. The zero-order chi connectivity index (χ0) is 8.81. The summed E-state index contributed by atoms with van der Waals surface area (Å²) in [6, 6.07) is 10.5. The number of nitrogens with two attached hydrogens (primary N) is 1. The predicted octanol–water partition coefficient (Wildman–Crippen LogP) is 2.44. The molecule has 0 aliphatic carbocycles. The molecule has 1 rings (SSSR count). The van der Waals surface area contributed by atoms with Gasteiger partial charge >= 0.3 is 0 Å². The lowest BCUT2D eigenvalue weighted by atomic mass is 10.2. The van der Waals surface area contributed by atoms with Gasteiger partial charge in [-0.2, -0.15) is 0 Å². The van der Waals surface area contributed by atoms with Crippen LogP contribution in [0.5, 0.6) is 0 Å². The average Bonchev–Trinajstić information content (AvgIpc) is 2.05. The van der Waals surface area contributed by atoms with Crippen molar-refractivity contribution in [2.24, 2.45) is 5.73 Å². The van der Waals surface area contributed by atoms with Crippen LogP contribution in [0.2, 0.25) is 0 Å². The van der Waals surface area contributed by atoms with Crippen LogP contribution in [0.3, 0.4) is 0 Å². The molecule has 64 valence electrons. The van der Waals surface area contributed by atoms with Gasteiger partial charge in [0.15, 0.2) is 0 Å². The zero-order valence-corrected chi connectivity index (χ0v) is 7.40. The fraction of sp³-hybridized carbons (Fsp3) is 0.273. The molecule has 0 saturated carbocycles. The Morgan fingerprint density at radius 2 is 2.00 bits per heavy atom. The van der Waals surface area contributed by atoms with Gasteiger partial charge in [-0.3, -0.25) is 0 Å². The lowest BCUT2D eigenvalue weighted by Crippen LogP contribution is -2.12. The molecule has 12 heavy (non-hydrogen) atoms. The van der Waals surface area contributed by atoms with E-state index in [1.165, 1.54) is 5.56 Å². The van der Waals surface area contributed by atoms with E-state index in [9.17, 15) is 0 Å². The van der Waals surface area contributed by atoms with E-state index in [2.05, 4.69) is 24.3 Å². The predicted molar refractivity (Wildman–Crippen MR) is 53.7 cm³/mol. The van der Waals surface area contributed by atoms with E-state index < -0.39 is 0 Å². The van der Waals surface area contributed by atoms with Crippen molar-refractivity contribution in [3.8, 4) is 0 Å². The van der Waals surface area contributed by atoms with Crippen molar-refractivity contribution >= 4 is 6.08 Å². The van der Waals surface area contributed by atoms with Crippen LogP contribution in [0.4, 0.5) is 0 Å². The molecule has 0 aliphatic rings. The second-order valence-corrected chi connectivity index (χ2v) is 3.03. The molecule has 0 aromatic heterocycles. The number of hydrogen-bond donors (Lipinski definition) is 1. The minimum absolute atomic E-state index is 0.255. The van der Waals surface area contributed by atoms with Gasteiger partial charge < -0.3 is 5.73 Å². The third-order valence-corrected chi connectivity index (χ3v) is 1.62. The standard InChI is InChI=1S/C11H15N/c1-10(12)6-5-9-11-7-3-2-4-8-11/h2-5,7-10H,6,12H2,1H3/b9-5+. The summed E-state index contributed by atoms with van der Waals surface area (Å²) in [6.45, 7) is 2.01. The SMILES string of the molecule is CC(N)C/C=C/c1ccccc1. The highest BCUT2D eigenvalue weighted by atomic mass is 14.6. The van der Waals surface area contributed by atoms with Gasteiger partial charge in [-0.15, -0.1) is 0 Å². The van der Waals surface area contributed by atoms with Crippen LogP contribution >= 0.6 is 0 Å². The van der Waals surface area contributed by atoms with E-state index >= 15 is 0 Å². The Morgan fingerprint density at radius 1 is 1.33 bits per heavy atom. The average molecular weight is 161 g/mol. The molecule has 1 nitrogen and oxygen atoms in total. The minimum atomic E-state index is 0.255. The number of hydrogen-bond acceptors (Lipinski definition) is 1. The number of rotatable bonds is 3. The summed E-state index contributed by atoms with van der Waals surface area (Å²) < 4.78 is 0. The molecule has 0 spiro atoms. The summed E-state index contributed by atoms with van der Waals surface area (Å²) in [5.74, 6) is 0. The lowest BCUT2D eigenvalue weighted by Gasteiger charge is -1.97. The normalized spacial score (nSPS) is 13.5. The van der Waals surface area contributed by atoms with Gasteiger partial charge in [-0.05, 0) is 18.9 Å². The first-order chi connectivity index (χ1) is 5.79. The second-order valence-electron chi connectivity index (χ2n) is 3.03. The van der Waals surface area contributed by atoms with Crippen LogP contribution < -0.4 is 5.73 Å². The molecule has 0 aliphatic heterocycles. The van der Waals surface area contributed by atoms with Crippen LogP contribution in [0, 0.1) is 0 Å². The molecule has 1 aromatic rings. The van der Waals surface area contributed by atoms with E-state index in [4.69, 9.17) is 5.73 Å². The van der Waals surface area contributed by atoms with E-state index in [1.54, 1.807) is 0 Å². The lowest BCUT2D eigenvalue weighted by molar-refractivity contribution is 0.759. The number of benzene rings is 1. The van der Waals surface area contributed by atoms with E-state index in [1.807, 2.05) is 25.1 Å². The second kappa shape index (κ2) is 4.73. The van der Waals surface area contributed by atoms with Crippen molar-refractivity contribution < 1.29 is 0 Å². The molecule has 0 radical (unpaired) electrons. The molecular formula is C11H15N. The van der Waals surface area contributed by atoms with Crippen molar-refractivity contribution in [1.29, 1.82) is 0 Å². The Labute approximate surface area is 73.9 Å². The summed E-state index contributed by atoms with van der Waals surface area (Å²) in [5.41, 5.74) is 6.84. The molecule has 0 saturated heterocycles. The van der Waals surface area contributed by atoms with Crippen LogP contribution in [0.25, 0.3) is 6.08 Å². The summed E-state index contributed by atoms with van der Waals surface area (Å²) in [5, 5.41) is 0. The van der Waals surface area contributed by atoms with Crippen molar-refractivity contribution in [2.75, 3.05) is 0 Å². The third kappa shape index (κ3) is 3.35. The topological polar surface area (TPSA) is 26.0 Å². The molecule has 0 bridgehead atoms. The summed E-state index contributed by atoms with van der Waals surface area (Å²) in [6.07, 6.45) is 5.15. The van der Waals surface area contributed by atoms with Crippen molar-refractivity contribution in [1.82, 2.24) is 0 Å². The maximum atomic E-state index is 5.61. The highest BCUT2D eigenvalue weighted by molar-refractivity contribution is 5.48. The van der Waals surface area contributed by atoms with Gasteiger partial charge in [0.1, 0.15) is 0 Å². The van der Waals surface area contributed by atoms with Gasteiger partial charge in [0.25, 0.3) is 0 Å². The molecular weight excluding hydrogens is 146 g/mol. The summed E-state index contributed by atoms with van der Waals surface area (Å²) >= 11 is 0. The maximum absolute atomic E-state index is 5.61. The fourth-order valence-electron chi connectivity index (χ4n) is 0.983. The summed E-state index contributed by atoms with van der Waals surface area (Å²) in [7, 11) is 0. The first-order valence-electron chi connectivity index (χ1n) is 4.26. The Hall–Kier alpha value is -1.08. The maximum Gasteiger partial charge on any atom is 0.00451 e. The zero-order valence-electron chi connectivity index (χ0n) is 7.40. The van der Waals surface area contributed by atoms with Crippen LogP contribution in [0.15, 0.2) is 36.4 Å². The molecule has 2 N–H and O–H groups in total. The highest BCUT2D eigenvalue weighted by Gasteiger charge is 1.87. The Kier molecular flexibility index (Phi) is 3.55. The van der Waals surface area contributed by atoms with E-state index in [0.29, 0.717) is 0 Å². The van der Waals surface area contributed by atoms with Crippen molar-refractivity contribution in [3.63, 3.8) is 0 Å². The van der Waals surface area contributed by atoms with Crippen LogP contribution in [0.1, 0.15) is 18.9 Å². The molecule has 1 atom stereocenters. The quantitative estimate of drug-likeness (QED) is 0.724. The fourth-order valence-corrected chi connectivity index (χ4v) is 0.983. The Morgan fingerprint density at radius 3 is 2.58 bits per heavy atom.